The number of aliphatic hydroxyl groups excluding tert-OH is 6. The molecule has 114 heavy (non-hydrogen) atoms. The second-order valence-electron chi connectivity index (χ2n) is 40.7. The highest BCUT2D eigenvalue weighted by atomic mass is 31.2. The van der Waals surface area contributed by atoms with Gasteiger partial charge in [0.2, 0.25) is 0 Å². The van der Waals surface area contributed by atoms with Crippen LogP contribution in [-0.2, 0) is 42.0 Å². The van der Waals surface area contributed by atoms with Gasteiger partial charge in [0.05, 0.1) is 46.2 Å². The molecule has 16 nitrogen and oxygen atoms in total. The summed E-state index contributed by atoms with van der Waals surface area (Å²) in [6.45, 7) is 35.1. The van der Waals surface area contributed by atoms with Crippen molar-refractivity contribution < 1.29 is 77.6 Å². The molecule has 2 aliphatic carbocycles. The normalized spacial score (nSPS) is 38.4. The van der Waals surface area contributed by atoms with Crippen LogP contribution in [0.5, 0.6) is 0 Å². The molecular weight excluding hydrogens is 1450 g/mol. The molecule has 0 spiro atoms. The van der Waals surface area contributed by atoms with Crippen LogP contribution in [0.1, 0.15) is 392 Å². The smallest absolute Gasteiger partial charge is 0.268 e. The largest absolute Gasteiger partial charge is 0.756 e. The number of phosphoric acid groups is 1. The lowest BCUT2D eigenvalue weighted by Gasteiger charge is -2.40. The van der Waals surface area contributed by atoms with Gasteiger partial charge < -0.3 is 73.0 Å². The van der Waals surface area contributed by atoms with Crippen LogP contribution in [0.25, 0.3) is 0 Å². The zero-order chi connectivity index (χ0) is 83.5. The van der Waals surface area contributed by atoms with Crippen LogP contribution in [0.4, 0.5) is 0 Å². The van der Waals surface area contributed by atoms with E-state index in [4.69, 9.17) is 37.5 Å². The van der Waals surface area contributed by atoms with Crippen molar-refractivity contribution in [3.05, 3.63) is 0 Å². The molecule has 22 unspecified atom stereocenters. The van der Waals surface area contributed by atoms with E-state index in [0.717, 1.165) is 115 Å². The molecule has 6 N–H and O–H groups in total. The Bertz CT molecular complexity index is 2290. The third-order valence-electron chi connectivity index (χ3n) is 28.1. The highest BCUT2D eigenvalue weighted by molar-refractivity contribution is 7.45. The Hall–Kier alpha value is -0.370. The van der Waals surface area contributed by atoms with Crippen LogP contribution < -0.4 is 4.89 Å². The quantitative estimate of drug-likeness (QED) is 0.106. The molecule has 678 valence electrons. The van der Waals surface area contributed by atoms with E-state index in [1.807, 2.05) is 0 Å². The molecule has 4 fully saturated rings. The van der Waals surface area contributed by atoms with Crippen LogP contribution in [0.3, 0.4) is 0 Å². The van der Waals surface area contributed by atoms with Gasteiger partial charge in [0.1, 0.15) is 42.7 Å². The van der Waals surface area contributed by atoms with E-state index in [0.29, 0.717) is 56.7 Å². The molecule has 0 aromatic carbocycles. The van der Waals surface area contributed by atoms with E-state index in [9.17, 15) is 40.1 Å². The lowest BCUT2D eigenvalue weighted by Crippen LogP contribution is -2.59. The zero-order valence-electron chi connectivity index (χ0n) is 76.5. The Morgan fingerprint density at radius 2 is 0.675 bits per heavy atom. The summed E-state index contributed by atoms with van der Waals surface area (Å²) in [6.07, 6.45) is 50.8. The fourth-order valence-corrected chi connectivity index (χ4v) is 20.3. The maximum atomic E-state index is 12.6. The maximum absolute atomic E-state index is 12.6. The van der Waals surface area contributed by atoms with Crippen molar-refractivity contribution in [3.63, 3.8) is 0 Å². The summed E-state index contributed by atoms with van der Waals surface area (Å²) >= 11 is 0. The summed E-state index contributed by atoms with van der Waals surface area (Å²) in [6, 6.07) is 0. The molecule has 0 amide bonds. The first-order chi connectivity index (χ1) is 54.6. The Morgan fingerprint density at radius 1 is 0.342 bits per heavy atom. The first-order valence-electron chi connectivity index (χ1n) is 48.8. The van der Waals surface area contributed by atoms with Crippen molar-refractivity contribution in [1.82, 2.24) is 0 Å². The number of hydrogen-bond acceptors (Lipinski definition) is 16. The minimum absolute atomic E-state index is 0.0962. The van der Waals surface area contributed by atoms with Crippen molar-refractivity contribution in [2.45, 2.75) is 441 Å². The van der Waals surface area contributed by atoms with Gasteiger partial charge in [-0.2, -0.15) is 0 Å². The molecule has 0 aromatic rings. The van der Waals surface area contributed by atoms with Gasteiger partial charge in [-0.1, -0.05) is 341 Å². The number of aliphatic hydroxyl groups is 6. The minimum atomic E-state index is -4.72. The predicted octanol–water partition coefficient (Wildman–Crippen LogP) is 22.8. The Labute approximate surface area is 702 Å². The first kappa shape index (κ1) is 106. The van der Waals surface area contributed by atoms with Crippen molar-refractivity contribution in [3.8, 4) is 0 Å². The molecule has 4 bridgehead atoms. The topological polar surface area (TPSA) is 235 Å². The van der Waals surface area contributed by atoms with Crippen LogP contribution in [0, 0.1) is 107 Å². The van der Waals surface area contributed by atoms with Crippen molar-refractivity contribution in [2.24, 2.45) is 107 Å². The Morgan fingerprint density at radius 3 is 1.08 bits per heavy atom. The monoisotopic (exact) mass is 1640 g/mol. The summed E-state index contributed by atoms with van der Waals surface area (Å²) < 4.78 is 59.6. The Balaban J connectivity index is 1.21. The average molecular weight is 1640 g/mol. The lowest BCUT2D eigenvalue weighted by molar-refractivity contribution is -0.306. The summed E-state index contributed by atoms with van der Waals surface area (Å²) in [7, 11) is -4.72. The summed E-state index contributed by atoms with van der Waals surface area (Å²) in [5.41, 5.74) is 0. The number of ether oxygens (including phenoxy) is 6. The van der Waals surface area contributed by atoms with Gasteiger partial charge in [0.15, 0.2) is 6.29 Å². The van der Waals surface area contributed by atoms with Gasteiger partial charge in [0.25, 0.3) is 7.82 Å². The number of hydrogen-bond donors (Lipinski definition) is 6. The van der Waals surface area contributed by atoms with Crippen LogP contribution >= 0.6 is 7.82 Å². The maximum Gasteiger partial charge on any atom is 0.268 e. The highest BCUT2D eigenvalue weighted by Gasteiger charge is 2.44. The lowest BCUT2D eigenvalue weighted by atomic mass is 9.87. The van der Waals surface area contributed by atoms with E-state index >= 15 is 0 Å². The number of phosphoric ester groups is 1. The standard InChI is InChI=1S/C97H189O16P/c1-72-27-17-29-74(3)33-21-39-80(9)54-57-106-68-91(70-110-97-96(103)95(102)94(101)93(65-99)113-97)108-59-56-82(11)41-25-45-87-51-53-89(63-87)61-84(13)43-24-38-79(8)49-47-77(6)36-20-32-73(2)28-18-30-75(4)34-22-40-81(10)55-58-107-69-92(71-112-114(104,105)111-67-90(100)64-98)109-66-85(14)26-15-16-44-86-50-52-88(62-86)60-83(12)42-23-37-78(7)48-46-76(5)35-19-31-72/h72-103H,15-71H2,1-14H3,(H,104,105)/p-1/t72?,73?,74?,75?,76?,77?,78?,79?,80?,81?,82?,83?,84?,85?,86?,87?,88?,89?,90?,91?,92?,93-,94-,95+,96-,97-/m1/s1. The van der Waals surface area contributed by atoms with Gasteiger partial charge in [-0.25, -0.2) is 0 Å². The van der Waals surface area contributed by atoms with E-state index in [1.165, 1.54) is 263 Å². The molecule has 0 aromatic heterocycles. The molecule has 4 aliphatic rings. The third kappa shape index (κ3) is 51.7. The van der Waals surface area contributed by atoms with Crippen LogP contribution in [0.2, 0.25) is 0 Å². The SMILES string of the molecule is CC1CCCC(C)CCCC(C)CCC(C)CCCC(C)CC2CCC(CCCCC(C)COC(COP(=O)([O-])OCC(O)CO)COCCC(C)CCCC(C)CCCC(C)CCCC(C)CCC(C)CCCC(C)CC3CCC(CCCC(C)CCOC(CO[C@@H]4O[C@H](CO)[C@@H](O)[C@H](O)[C@H]4O)COCCC(C)CCC1)C3)C2. The molecule has 2 heterocycles. The number of fused-ring (bicyclic) bond motifs is 4. The molecule has 27 atom stereocenters. The summed E-state index contributed by atoms with van der Waals surface area (Å²) in [5.74, 6) is 13.3. The molecular formula is C97H188O16P-. The second-order valence-corrected chi connectivity index (χ2v) is 42.1. The predicted molar refractivity (Wildman–Crippen MR) is 468 cm³/mol. The third-order valence-corrected chi connectivity index (χ3v) is 29.1. The molecule has 2 saturated heterocycles. The fourth-order valence-electron chi connectivity index (χ4n) is 19.6. The van der Waals surface area contributed by atoms with E-state index in [2.05, 4.69) is 96.9 Å². The fraction of sp³-hybridized carbons (Fsp3) is 1.00. The van der Waals surface area contributed by atoms with Crippen LogP contribution in [-0.4, -0.2) is 152 Å². The molecule has 17 heteroatoms. The summed E-state index contributed by atoms with van der Waals surface area (Å²) in [5, 5.41) is 60.2. The molecule has 4 rings (SSSR count). The van der Waals surface area contributed by atoms with Gasteiger partial charge in [-0.15, -0.1) is 0 Å². The molecule has 2 aliphatic heterocycles. The second kappa shape index (κ2) is 63.5. The van der Waals surface area contributed by atoms with Gasteiger partial charge in [-0.3, -0.25) is 4.57 Å². The van der Waals surface area contributed by atoms with Gasteiger partial charge >= 0.3 is 0 Å². The molecule has 2 saturated carbocycles. The summed E-state index contributed by atoms with van der Waals surface area (Å²) in [4.78, 5) is 12.6. The zero-order valence-corrected chi connectivity index (χ0v) is 77.4. The first-order valence-corrected chi connectivity index (χ1v) is 50.2. The average Bonchev–Trinajstić information content (AvgIpc) is 1.05. The highest BCUT2D eigenvalue weighted by Crippen LogP contribution is 2.42. The van der Waals surface area contributed by atoms with E-state index in [-0.39, 0.29) is 19.8 Å². The number of rotatable bonds is 11. The van der Waals surface area contributed by atoms with Gasteiger partial charge in [-0.05, 0) is 158 Å². The van der Waals surface area contributed by atoms with Crippen molar-refractivity contribution >= 4 is 7.82 Å². The van der Waals surface area contributed by atoms with Crippen molar-refractivity contribution in [2.75, 3.05) is 72.7 Å². The minimum Gasteiger partial charge on any atom is -0.756 e. The molecule has 0 radical (unpaired) electrons. The van der Waals surface area contributed by atoms with E-state index < -0.39 is 76.7 Å². The Kier molecular flexibility index (Phi) is 59.1. The van der Waals surface area contributed by atoms with Crippen LogP contribution in [0.15, 0.2) is 0 Å². The van der Waals surface area contributed by atoms with Crippen molar-refractivity contribution in [1.29, 1.82) is 0 Å². The van der Waals surface area contributed by atoms with Gasteiger partial charge in [0, 0.05) is 26.4 Å². The van der Waals surface area contributed by atoms with E-state index in [1.54, 1.807) is 0 Å².